The lowest BCUT2D eigenvalue weighted by Crippen LogP contribution is -1.83. The fourth-order valence-corrected chi connectivity index (χ4v) is 0.356. The second-order valence-electron chi connectivity index (χ2n) is 1.53. The molecule has 0 saturated carbocycles. The highest BCUT2D eigenvalue weighted by molar-refractivity contribution is 4.65. The van der Waals surface area contributed by atoms with Crippen LogP contribution in [-0.4, -0.2) is 0 Å². The van der Waals surface area contributed by atoms with Crippen molar-refractivity contribution in [3.05, 3.63) is 12.9 Å². The first-order valence-corrected chi connectivity index (χ1v) is 2.46. The van der Waals surface area contributed by atoms with Crippen molar-refractivity contribution >= 4 is 0 Å². The van der Waals surface area contributed by atoms with Gasteiger partial charge in [0.25, 0.3) is 0 Å². The summed E-state index contributed by atoms with van der Waals surface area (Å²) in [5.74, 6) is 0. The standard InChI is InChI=1S/C5H6F4/c6-4(7)2-1-3-5(8)9/h1-3H2. The van der Waals surface area contributed by atoms with Crippen LogP contribution in [0.3, 0.4) is 0 Å². The molecular weight excluding hydrogens is 136 g/mol. The number of hydrogen-bond acceptors (Lipinski definition) is 0. The summed E-state index contributed by atoms with van der Waals surface area (Å²) in [5, 5.41) is 0. The zero-order valence-corrected chi connectivity index (χ0v) is 4.63. The maximum atomic E-state index is 11.1. The molecule has 9 heavy (non-hydrogen) atoms. The Morgan fingerprint density at radius 2 is 1.11 bits per heavy atom. The van der Waals surface area contributed by atoms with Crippen LogP contribution in [-0.2, 0) is 0 Å². The highest BCUT2D eigenvalue weighted by Gasteiger charge is 2.09. The Morgan fingerprint density at radius 3 is 1.33 bits per heavy atom. The predicted molar refractivity (Wildman–Crippen MR) is 24.8 cm³/mol. The van der Waals surface area contributed by atoms with Crippen LogP contribution in [0.1, 0.15) is 19.3 Å². The van der Waals surface area contributed by atoms with E-state index in [4.69, 9.17) is 0 Å². The smallest absolute Gasteiger partial charge is 0.200 e. The minimum Gasteiger partial charge on any atom is -0.200 e. The van der Waals surface area contributed by atoms with E-state index >= 15 is 0 Å². The van der Waals surface area contributed by atoms with Crippen LogP contribution in [0, 0.1) is 12.9 Å². The summed E-state index contributed by atoms with van der Waals surface area (Å²) >= 11 is 0. The molecule has 0 aliphatic heterocycles. The molecule has 0 unspecified atom stereocenters. The average molecular weight is 142 g/mol. The molecule has 0 bridgehead atoms. The second-order valence-corrected chi connectivity index (χ2v) is 1.53. The maximum absolute atomic E-state index is 11.1. The molecule has 0 spiro atoms. The van der Waals surface area contributed by atoms with E-state index in [2.05, 4.69) is 0 Å². The van der Waals surface area contributed by atoms with Crippen LogP contribution in [0.25, 0.3) is 0 Å². The van der Waals surface area contributed by atoms with Gasteiger partial charge in [-0.15, -0.1) is 0 Å². The molecule has 0 fully saturated rings. The first-order chi connectivity index (χ1) is 4.13. The third-order valence-electron chi connectivity index (χ3n) is 0.732. The van der Waals surface area contributed by atoms with E-state index in [1.54, 1.807) is 0 Å². The van der Waals surface area contributed by atoms with Crippen molar-refractivity contribution in [2.75, 3.05) is 0 Å². The lowest BCUT2D eigenvalue weighted by molar-refractivity contribution is 0.236. The lowest BCUT2D eigenvalue weighted by atomic mass is 10.2. The summed E-state index contributed by atoms with van der Waals surface area (Å²) in [6.07, 6.45) is -4.76. The van der Waals surface area contributed by atoms with Gasteiger partial charge in [0, 0.05) is 12.8 Å². The summed E-state index contributed by atoms with van der Waals surface area (Å²) in [5.41, 5.74) is 0. The van der Waals surface area contributed by atoms with Crippen molar-refractivity contribution in [2.45, 2.75) is 19.3 Å². The van der Waals surface area contributed by atoms with Crippen LogP contribution in [0.5, 0.6) is 0 Å². The van der Waals surface area contributed by atoms with Crippen LogP contribution < -0.4 is 0 Å². The summed E-state index contributed by atoms with van der Waals surface area (Å²) in [4.78, 5) is 0. The minimum absolute atomic E-state index is 0.162. The third-order valence-corrected chi connectivity index (χ3v) is 0.732. The number of halogens is 4. The average Bonchev–Trinajstić information content (AvgIpc) is 1.63. The van der Waals surface area contributed by atoms with Crippen molar-refractivity contribution in [3.63, 3.8) is 0 Å². The Labute approximate surface area is 50.9 Å². The second kappa shape index (κ2) is 4.58. The molecule has 0 amide bonds. The molecule has 0 N–H and O–H groups in total. The fourth-order valence-electron chi connectivity index (χ4n) is 0.356. The summed E-state index contributed by atoms with van der Waals surface area (Å²) in [6, 6.07) is 0. The molecule has 0 nitrogen and oxygen atoms in total. The Bertz CT molecular complexity index is 54.0. The summed E-state index contributed by atoms with van der Waals surface area (Å²) in [7, 11) is 0. The van der Waals surface area contributed by atoms with Crippen molar-refractivity contribution in [2.24, 2.45) is 0 Å². The van der Waals surface area contributed by atoms with Gasteiger partial charge in [-0.2, -0.15) is 17.6 Å². The molecule has 0 aromatic carbocycles. The van der Waals surface area contributed by atoms with E-state index in [1.807, 2.05) is 0 Å². The molecule has 0 aliphatic rings. The van der Waals surface area contributed by atoms with Crippen LogP contribution in [0.4, 0.5) is 17.6 Å². The molecule has 54 valence electrons. The van der Waals surface area contributed by atoms with Crippen molar-refractivity contribution in [1.82, 2.24) is 0 Å². The Hall–Kier alpha value is -0.280. The van der Waals surface area contributed by atoms with Gasteiger partial charge in [-0.3, -0.25) is 0 Å². The van der Waals surface area contributed by atoms with Gasteiger partial charge in [0.1, 0.15) is 0 Å². The van der Waals surface area contributed by atoms with E-state index < -0.39 is 25.7 Å². The van der Waals surface area contributed by atoms with Crippen LogP contribution >= 0.6 is 0 Å². The normalized spacial score (nSPS) is 11.3. The zero-order chi connectivity index (χ0) is 7.28. The first-order valence-electron chi connectivity index (χ1n) is 2.46. The number of rotatable bonds is 4. The Kier molecular flexibility index (Phi) is 4.44. The molecule has 4 heteroatoms. The summed E-state index contributed by atoms with van der Waals surface area (Å²) < 4.78 is 44.6. The molecule has 2 radical (unpaired) electrons. The van der Waals surface area contributed by atoms with Gasteiger partial charge in [0.15, 0.2) is 0 Å². The largest absolute Gasteiger partial charge is 0.310 e. The minimum atomic E-state index is -1.78. The molecule has 0 aromatic heterocycles. The van der Waals surface area contributed by atoms with Crippen molar-refractivity contribution in [3.8, 4) is 0 Å². The van der Waals surface area contributed by atoms with Gasteiger partial charge in [0.2, 0.25) is 0 Å². The maximum Gasteiger partial charge on any atom is 0.310 e. The van der Waals surface area contributed by atoms with E-state index in [0.29, 0.717) is 0 Å². The predicted octanol–water partition coefficient (Wildman–Crippen LogP) is 3.01. The third kappa shape index (κ3) is 7.72. The number of hydrogen-bond donors (Lipinski definition) is 0. The van der Waals surface area contributed by atoms with Gasteiger partial charge in [-0.25, -0.2) is 0 Å². The van der Waals surface area contributed by atoms with E-state index in [1.165, 1.54) is 0 Å². The highest BCUT2D eigenvalue weighted by Crippen LogP contribution is 2.18. The molecule has 0 aliphatic carbocycles. The fraction of sp³-hybridized carbons (Fsp3) is 0.600. The van der Waals surface area contributed by atoms with Gasteiger partial charge in [-0.1, -0.05) is 0 Å². The molecule has 0 rings (SSSR count). The van der Waals surface area contributed by atoms with Gasteiger partial charge >= 0.3 is 12.9 Å². The van der Waals surface area contributed by atoms with Gasteiger partial charge in [-0.05, 0) is 6.42 Å². The molecule has 0 atom stereocenters. The van der Waals surface area contributed by atoms with Crippen molar-refractivity contribution in [1.29, 1.82) is 0 Å². The first kappa shape index (κ1) is 8.72. The van der Waals surface area contributed by atoms with E-state index in [-0.39, 0.29) is 6.42 Å². The molecule has 0 aromatic rings. The Morgan fingerprint density at radius 1 is 0.778 bits per heavy atom. The zero-order valence-electron chi connectivity index (χ0n) is 4.63. The SMILES string of the molecule is F[C](F)CCC[C](F)F. The quantitative estimate of drug-likeness (QED) is 0.529. The van der Waals surface area contributed by atoms with Crippen LogP contribution in [0.2, 0.25) is 0 Å². The van der Waals surface area contributed by atoms with Gasteiger partial charge in [0.05, 0.1) is 0 Å². The lowest BCUT2D eigenvalue weighted by Gasteiger charge is -1.94. The molecule has 0 saturated heterocycles. The van der Waals surface area contributed by atoms with Crippen LogP contribution in [0.15, 0.2) is 0 Å². The monoisotopic (exact) mass is 142 g/mol. The van der Waals surface area contributed by atoms with E-state index in [0.717, 1.165) is 0 Å². The molecular formula is C5H6F4. The van der Waals surface area contributed by atoms with Gasteiger partial charge < -0.3 is 0 Å². The van der Waals surface area contributed by atoms with E-state index in [9.17, 15) is 17.6 Å². The van der Waals surface area contributed by atoms with Crippen molar-refractivity contribution < 1.29 is 17.6 Å². The highest BCUT2D eigenvalue weighted by atomic mass is 19.3. The molecule has 0 heterocycles. The Balaban J connectivity index is 2.91. The topological polar surface area (TPSA) is 0 Å². The summed E-state index contributed by atoms with van der Waals surface area (Å²) in [6.45, 7) is 0.